The van der Waals surface area contributed by atoms with Crippen LogP contribution >= 0.6 is 11.6 Å². The van der Waals surface area contributed by atoms with E-state index in [2.05, 4.69) is 5.32 Å². The Kier molecular flexibility index (Phi) is 4.18. The zero-order valence-corrected chi connectivity index (χ0v) is 11.7. The van der Waals surface area contributed by atoms with E-state index < -0.39 is 11.7 Å². The van der Waals surface area contributed by atoms with Crippen molar-refractivity contribution in [1.82, 2.24) is 0 Å². The molecular formula is C14H12ClF3N2O. The monoisotopic (exact) mass is 316 g/mol. The number of benzene rings is 2. The lowest BCUT2D eigenvalue weighted by Gasteiger charge is -2.14. The predicted molar refractivity (Wildman–Crippen MR) is 77.1 cm³/mol. The highest BCUT2D eigenvalue weighted by Gasteiger charge is 2.30. The molecule has 3 nitrogen and oxygen atoms in total. The number of nitrogens with one attached hydrogen (secondary N) is 1. The van der Waals surface area contributed by atoms with Crippen LogP contribution in [0.2, 0.25) is 5.02 Å². The Morgan fingerprint density at radius 2 is 1.81 bits per heavy atom. The van der Waals surface area contributed by atoms with Crippen molar-refractivity contribution in [3.63, 3.8) is 0 Å². The molecule has 0 spiro atoms. The van der Waals surface area contributed by atoms with Gasteiger partial charge in [-0.15, -0.1) is 0 Å². The zero-order valence-electron chi connectivity index (χ0n) is 11.0. The molecule has 0 saturated carbocycles. The van der Waals surface area contributed by atoms with Crippen LogP contribution in [0.3, 0.4) is 0 Å². The molecule has 0 heterocycles. The number of anilines is 3. The SMILES string of the molecule is COc1ccc(N)c(Nc2ccc(C(F)(F)F)cc2Cl)c1. The predicted octanol–water partition coefficient (Wildman–Crippen LogP) is 4.69. The fourth-order valence-electron chi connectivity index (χ4n) is 1.71. The summed E-state index contributed by atoms with van der Waals surface area (Å²) >= 11 is 5.88. The van der Waals surface area contributed by atoms with Gasteiger partial charge in [-0.2, -0.15) is 13.2 Å². The smallest absolute Gasteiger partial charge is 0.416 e. The van der Waals surface area contributed by atoms with Crippen LogP contribution in [0.1, 0.15) is 5.56 Å². The molecule has 0 aromatic heterocycles. The van der Waals surface area contributed by atoms with Crippen molar-refractivity contribution >= 4 is 28.7 Å². The lowest BCUT2D eigenvalue weighted by atomic mass is 10.2. The largest absolute Gasteiger partial charge is 0.497 e. The highest BCUT2D eigenvalue weighted by Crippen LogP contribution is 2.36. The maximum absolute atomic E-state index is 12.6. The third kappa shape index (κ3) is 3.52. The van der Waals surface area contributed by atoms with Crippen molar-refractivity contribution in [2.75, 3.05) is 18.2 Å². The molecule has 0 saturated heterocycles. The van der Waals surface area contributed by atoms with Crippen molar-refractivity contribution in [3.8, 4) is 5.75 Å². The number of hydrogen-bond donors (Lipinski definition) is 2. The molecule has 2 aromatic rings. The summed E-state index contributed by atoms with van der Waals surface area (Å²) in [6.45, 7) is 0. The van der Waals surface area contributed by atoms with Crippen LogP contribution < -0.4 is 15.8 Å². The summed E-state index contributed by atoms with van der Waals surface area (Å²) in [5.41, 5.74) is 6.23. The van der Waals surface area contributed by atoms with E-state index >= 15 is 0 Å². The van der Waals surface area contributed by atoms with Gasteiger partial charge in [-0.05, 0) is 30.3 Å². The van der Waals surface area contributed by atoms with Gasteiger partial charge < -0.3 is 15.8 Å². The molecule has 7 heteroatoms. The average Bonchev–Trinajstić information content (AvgIpc) is 2.42. The van der Waals surface area contributed by atoms with Crippen LogP contribution in [0.15, 0.2) is 36.4 Å². The highest BCUT2D eigenvalue weighted by molar-refractivity contribution is 6.33. The quantitative estimate of drug-likeness (QED) is 0.807. The molecule has 2 aromatic carbocycles. The minimum atomic E-state index is -4.43. The first-order valence-corrected chi connectivity index (χ1v) is 6.26. The maximum atomic E-state index is 12.6. The Hall–Kier alpha value is -2.08. The molecule has 0 amide bonds. The number of hydrogen-bond acceptors (Lipinski definition) is 3. The Morgan fingerprint density at radius 1 is 1.10 bits per heavy atom. The number of nitrogen functional groups attached to an aromatic ring is 1. The second-order valence-corrected chi connectivity index (χ2v) is 4.68. The van der Waals surface area contributed by atoms with E-state index in [-0.39, 0.29) is 5.02 Å². The van der Waals surface area contributed by atoms with E-state index in [9.17, 15) is 13.2 Å². The van der Waals surface area contributed by atoms with Crippen LogP contribution in [0.5, 0.6) is 5.75 Å². The molecule has 112 valence electrons. The summed E-state index contributed by atoms with van der Waals surface area (Å²) in [5, 5.41) is 2.84. The first-order valence-electron chi connectivity index (χ1n) is 5.88. The van der Waals surface area contributed by atoms with E-state index in [4.69, 9.17) is 22.1 Å². The van der Waals surface area contributed by atoms with Gasteiger partial charge in [-0.25, -0.2) is 0 Å². The van der Waals surface area contributed by atoms with E-state index in [0.717, 1.165) is 12.1 Å². The number of alkyl halides is 3. The summed E-state index contributed by atoms with van der Waals surface area (Å²) in [6, 6.07) is 7.99. The second-order valence-electron chi connectivity index (χ2n) is 4.27. The van der Waals surface area contributed by atoms with Crippen molar-refractivity contribution in [2.24, 2.45) is 0 Å². The Morgan fingerprint density at radius 3 is 2.38 bits per heavy atom. The van der Waals surface area contributed by atoms with Gasteiger partial charge in [0.25, 0.3) is 0 Å². The minimum absolute atomic E-state index is 0.0490. The number of halogens is 4. The molecular weight excluding hydrogens is 305 g/mol. The highest BCUT2D eigenvalue weighted by atomic mass is 35.5. The summed E-state index contributed by atoms with van der Waals surface area (Å²) in [5.74, 6) is 0.565. The molecule has 0 unspecified atom stereocenters. The lowest BCUT2D eigenvalue weighted by molar-refractivity contribution is -0.137. The Balaban J connectivity index is 2.32. The zero-order chi connectivity index (χ0) is 15.6. The summed E-state index contributed by atoms with van der Waals surface area (Å²) in [4.78, 5) is 0. The van der Waals surface area contributed by atoms with Gasteiger partial charge in [0.15, 0.2) is 0 Å². The fraction of sp³-hybridized carbons (Fsp3) is 0.143. The van der Waals surface area contributed by atoms with Gasteiger partial charge in [0.05, 0.1) is 34.8 Å². The van der Waals surface area contributed by atoms with Gasteiger partial charge in [0.1, 0.15) is 5.75 Å². The fourth-order valence-corrected chi connectivity index (χ4v) is 1.94. The Bertz CT molecular complexity index is 659. The van der Waals surface area contributed by atoms with Gasteiger partial charge in [0.2, 0.25) is 0 Å². The van der Waals surface area contributed by atoms with Crippen molar-refractivity contribution in [3.05, 3.63) is 47.0 Å². The normalized spacial score (nSPS) is 11.3. The lowest BCUT2D eigenvalue weighted by Crippen LogP contribution is -2.05. The minimum Gasteiger partial charge on any atom is -0.497 e. The second kappa shape index (κ2) is 5.73. The molecule has 0 aliphatic carbocycles. The van der Waals surface area contributed by atoms with Crippen LogP contribution in [0.25, 0.3) is 0 Å². The van der Waals surface area contributed by atoms with Crippen LogP contribution in [-0.2, 0) is 6.18 Å². The van der Waals surface area contributed by atoms with E-state index in [1.54, 1.807) is 18.2 Å². The third-order valence-corrected chi connectivity index (χ3v) is 3.14. The molecule has 0 aliphatic heterocycles. The van der Waals surface area contributed by atoms with Crippen molar-refractivity contribution in [1.29, 1.82) is 0 Å². The molecule has 0 aliphatic rings. The van der Waals surface area contributed by atoms with Gasteiger partial charge in [-0.3, -0.25) is 0 Å². The van der Waals surface area contributed by atoms with Crippen molar-refractivity contribution < 1.29 is 17.9 Å². The van der Waals surface area contributed by atoms with Crippen LogP contribution in [0, 0.1) is 0 Å². The Labute approximate surface area is 124 Å². The van der Waals surface area contributed by atoms with Crippen molar-refractivity contribution in [2.45, 2.75) is 6.18 Å². The summed E-state index contributed by atoms with van der Waals surface area (Å²) < 4.78 is 42.8. The molecule has 0 fully saturated rings. The standard InChI is InChI=1S/C14H12ClF3N2O/c1-21-9-3-4-11(19)13(7-9)20-12-5-2-8(6-10(12)15)14(16,17)18/h2-7,20H,19H2,1H3. The number of rotatable bonds is 3. The van der Waals surface area contributed by atoms with E-state index in [0.29, 0.717) is 22.8 Å². The van der Waals surface area contributed by atoms with Gasteiger partial charge in [-0.1, -0.05) is 11.6 Å². The maximum Gasteiger partial charge on any atom is 0.416 e. The topological polar surface area (TPSA) is 47.3 Å². The first-order chi connectivity index (χ1) is 9.81. The molecule has 0 radical (unpaired) electrons. The van der Waals surface area contributed by atoms with Crippen LogP contribution in [-0.4, -0.2) is 7.11 Å². The molecule has 0 atom stereocenters. The van der Waals surface area contributed by atoms with E-state index in [1.165, 1.54) is 13.2 Å². The molecule has 3 N–H and O–H groups in total. The van der Waals surface area contributed by atoms with E-state index in [1.807, 2.05) is 0 Å². The van der Waals surface area contributed by atoms with Crippen LogP contribution in [0.4, 0.5) is 30.2 Å². The third-order valence-electron chi connectivity index (χ3n) is 2.83. The number of ether oxygens (including phenoxy) is 1. The number of methoxy groups -OCH3 is 1. The summed E-state index contributed by atoms with van der Waals surface area (Å²) in [6.07, 6.45) is -4.43. The average molecular weight is 317 g/mol. The van der Waals surface area contributed by atoms with Gasteiger partial charge in [0, 0.05) is 6.07 Å². The first kappa shape index (κ1) is 15.3. The number of nitrogens with two attached hydrogens (primary N) is 1. The molecule has 0 bridgehead atoms. The molecule has 2 rings (SSSR count). The summed E-state index contributed by atoms with van der Waals surface area (Å²) in [7, 11) is 1.50. The molecule has 21 heavy (non-hydrogen) atoms. The van der Waals surface area contributed by atoms with Gasteiger partial charge >= 0.3 is 6.18 Å².